The molecule has 124 valence electrons. The summed E-state index contributed by atoms with van der Waals surface area (Å²) >= 11 is 6.02. The summed E-state index contributed by atoms with van der Waals surface area (Å²) < 4.78 is 26.4. The molecule has 1 unspecified atom stereocenters. The second kappa shape index (κ2) is 6.30. The molecule has 1 aliphatic heterocycles. The quantitative estimate of drug-likeness (QED) is 0.905. The summed E-state index contributed by atoms with van der Waals surface area (Å²) in [6.45, 7) is 0. The van der Waals surface area contributed by atoms with Crippen LogP contribution in [0.15, 0.2) is 53.9 Å². The number of carboxylic acids is 1. The first-order valence-electron chi connectivity index (χ1n) is 7.18. The van der Waals surface area contributed by atoms with E-state index in [2.05, 4.69) is 0 Å². The second-order valence-electron chi connectivity index (χ2n) is 5.35. The molecule has 0 aliphatic carbocycles. The third-order valence-corrected chi connectivity index (χ3v) is 5.63. The number of aliphatic carboxylic acids is 1. The maximum Gasteiger partial charge on any atom is 0.327 e. The summed E-state index contributed by atoms with van der Waals surface area (Å²) in [4.78, 5) is 11.5. The Morgan fingerprint density at radius 3 is 2.54 bits per heavy atom. The highest BCUT2D eigenvalue weighted by Crippen LogP contribution is 2.35. The lowest BCUT2D eigenvalue weighted by molar-refractivity contribution is -0.138. The molecule has 0 saturated heterocycles. The van der Waals surface area contributed by atoms with E-state index in [1.807, 2.05) is 0 Å². The SMILES string of the molecule is O=C(O)C1Cc2ccccc2N1S(=O)(=O)C=Cc1ccccc1Cl. The molecule has 0 fully saturated rings. The Bertz CT molecular complexity index is 924. The van der Waals surface area contributed by atoms with Crippen LogP contribution in [0, 0.1) is 0 Å². The van der Waals surface area contributed by atoms with Crippen molar-refractivity contribution in [2.45, 2.75) is 12.5 Å². The molecule has 3 rings (SSSR count). The topological polar surface area (TPSA) is 74.7 Å². The molecule has 0 amide bonds. The molecule has 0 spiro atoms. The largest absolute Gasteiger partial charge is 0.480 e. The summed E-state index contributed by atoms with van der Waals surface area (Å²) in [5.74, 6) is -1.18. The van der Waals surface area contributed by atoms with Gasteiger partial charge < -0.3 is 5.11 Å². The van der Waals surface area contributed by atoms with Crippen LogP contribution in [0.25, 0.3) is 6.08 Å². The molecule has 5 nitrogen and oxygen atoms in total. The van der Waals surface area contributed by atoms with E-state index in [-0.39, 0.29) is 6.42 Å². The fourth-order valence-electron chi connectivity index (χ4n) is 2.69. The van der Waals surface area contributed by atoms with Gasteiger partial charge in [-0.05, 0) is 29.3 Å². The standard InChI is InChI=1S/C17H14ClNO4S/c18-14-7-3-1-5-12(14)9-10-24(22,23)19-15-8-4-2-6-13(15)11-16(19)17(20)21/h1-10,16H,11H2,(H,20,21). The number of carboxylic acid groups (broad SMARTS) is 1. The molecule has 24 heavy (non-hydrogen) atoms. The predicted octanol–water partition coefficient (Wildman–Crippen LogP) is 3.16. The molecule has 0 aromatic heterocycles. The molecule has 0 radical (unpaired) electrons. The van der Waals surface area contributed by atoms with Gasteiger partial charge in [-0.1, -0.05) is 48.0 Å². The first-order chi connectivity index (χ1) is 11.4. The summed E-state index contributed by atoms with van der Waals surface area (Å²) in [6.07, 6.45) is 1.52. The van der Waals surface area contributed by atoms with Gasteiger partial charge in [0, 0.05) is 11.4 Å². The minimum atomic E-state index is -3.97. The van der Waals surface area contributed by atoms with Gasteiger partial charge in [-0.3, -0.25) is 4.31 Å². The van der Waals surface area contributed by atoms with E-state index in [0.717, 1.165) is 9.71 Å². The highest BCUT2D eigenvalue weighted by molar-refractivity contribution is 7.95. The Labute approximate surface area is 144 Å². The molecular weight excluding hydrogens is 350 g/mol. The number of para-hydroxylation sites is 1. The van der Waals surface area contributed by atoms with Crippen molar-refractivity contribution in [2.24, 2.45) is 0 Å². The van der Waals surface area contributed by atoms with Crippen LogP contribution in [0.4, 0.5) is 5.69 Å². The molecule has 0 saturated carbocycles. The average molecular weight is 364 g/mol. The second-order valence-corrected chi connectivity index (χ2v) is 7.45. The number of nitrogens with zero attached hydrogens (tertiary/aromatic N) is 1. The van der Waals surface area contributed by atoms with Gasteiger partial charge in [0.1, 0.15) is 6.04 Å². The molecule has 2 aromatic carbocycles. The zero-order chi connectivity index (χ0) is 17.3. The van der Waals surface area contributed by atoms with Gasteiger partial charge >= 0.3 is 5.97 Å². The van der Waals surface area contributed by atoms with Gasteiger partial charge in [0.05, 0.1) is 11.1 Å². The highest BCUT2D eigenvalue weighted by atomic mass is 35.5. The van der Waals surface area contributed by atoms with Crippen molar-refractivity contribution in [3.05, 3.63) is 70.1 Å². The van der Waals surface area contributed by atoms with Crippen molar-refractivity contribution in [3.8, 4) is 0 Å². The molecule has 1 atom stereocenters. The average Bonchev–Trinajstić information content (AvgIpc) is 2.95. The van der Waals surface area contributed by atoms with Gasteiger partial charge in [0.2, 0.25) is 0 Å². The fraction of sp³-hybridized carbons (Fsp3) is 0.118. The number of rotatable bonds is 4. The number of fused-ring (bicyclic) bond motifs is 1. The molecule has 1 heterocycles. The molecule has 1 aliphatic rings. The maximum absolute atomic E-state index is 12.7. The minimum absolute atomic E-state index is 0.144. The van der Waals surface area contributed by atoms with E-state index in [4.69, 9.17) is 11.6 Å². The van der Waals surface area contributed by atoms with Gasteiger partial charge in [0.15, 0.2) is 0 Å². The number of halogens is 1. The zero-order valence-corrected chi connectivity index (χ0v) is 14.0. The lowest BCUT2D eigenvalue weighted by atomic mass is 10.1. The summed E-state index contributed by atoms with van der Waals surface area (Å²) in [7, 11) is -3.97. The van der Waals surface area contributed by atoms with E-state index in [0.29, 0.717) is 21.8 Å². The Kier molecular flexibility index (Phi) is 4.34. The smallest absolute Gasteiger partial charge is 0.327 e. The Balaban J connectivity index is 2.01. The van der Waals surface area contributed by atoms with Crippen molar-refractivity contribution in [2.75, 3.05) is 4.31 Å². The van der Waals surface area contributed by atoms with Gasteiger partial charge in [-0.2, -0.15) is 0 Å². The van der Waals surface area contributed by atoms with Crippen LogP contribution in [0.2, 0.25) is 5.02 Å². The molecule has 0 bridgehead atoms. The number of hydrogen-bond acceptors (Lipinski definition) is 3. The van der Waals surface area contributed by atoms with Crippen molar-refractivity contribution < 1.29 is 18.3 Å². The van der Waals surface area contributed by atoms with E-state index >= 15 is 0 Å². The lowest BCUT2D eigenvalue weighted by Gasteiger charge is -2.22. The monoisotopic (exact) mass is 363 g/mol. The number of carbonyl (C=O) groups is 1. The van der Waals surface area contributed by atoms with E-state index in [1.165, 1.54) is 6.08 Å². The maximum atomic E-state index is 12.7. The third-order valence-electron chi connectivity index (χ3n) is 3.81. The van der Waals surface area contributed by atoms with Crippen LogP contribution in [0.3, 0.4) is 0 Å². The summed E-state index contributed by atoms with van der Waals surface area (Å²) in [6, 6.07) is 12.5. The van der Waals surface area contributed by atoms with Crippen molar-refractivity contribution in [3.63, 3.8) is 0 Å². The van der Waals surface area contributed by atoms with E-state index in [9.17, 15) is 18.3 Å². The number of anilines is 1. The van der Waals surface area contributed by atoms with Crippen LogP contribution >= 0.6 is 11.6 Å². The number of benzene rings is 2. The molecule has 2 aromatic rings. The Morgan fingerprint density at radius 2 is 1.83 bits per heavy atom. The van der Waals surface area contributed by atoms with Gasteiger partial charge in [0.25, 0.3) is 10.0 Å². The minimum Gasteiger partial charge on any atom is -0.480 e. The van der Waals surface area contributed by atoms with Crippen molar-refractivity contribution in [1.29, 1.82) is 0 Å². The lowest BCUT2D eigenvalue weighted by Crippen LogP contribution is -2.41. The third kappa shape index (κ3) is 3.02. The Hall–Kier alpha value is -2.31. The van der Waals surface area contributed by atoms with Crippen molar-refractivity contribution >= 4 is 39.4 Å². The zero-order valence-electron chi connectivity index (χ0n) is 12.5. The predicted molar refractivity (Wildman–Crippen MR) is 93.5 cm³/mol. The van der Waals surface area contributed by atoms with Crippen LogP contribution in [0.5, 0.6) is 0 Å². The van der Waals surface area contributed by atoms with Crippen LogP contribution in [0.1, 0.15) is 11.1 Å². The fourth-order valence-corrected chi connectivity index (χ4v) is 4.31. The summed E-state index contributed by atoms with van der Waals surface area (Å²) in [5.41, 5.74) is 1.63. The highest BCUT2D eigenvalue weighted by Gasteiger charge is 2.40. The van der Waals surface area contributed by atoms with E-state index < -0.39 is 22.0 Å². The van der Waals surface area contributed by atoms with E-state index in [1.54, 1.807) is 48.5 Å². The van der Waals surface area contributed by atoms with Gasteiger partial charge in [-0.25, -0.2) is 13.2 Å². The van der Waals surface area contributed by atoms with Crippen LogP contribution in [-0.2, 0) is 21.2 Å². The first kappa shape index (κ1) is 16.5. The Morgan fingerprint density at radius 1 is 1.17 bits per heavy atom. The number of sulfonamides is 1. The molecule has 7 heteroatoms. The molecular formula is C17H14ClNO4S. The van der Waals surface area contributed by atoms with Crippen LogP contribution < -0.4 is 4.31 Å². The normalized spacial score (nSPS) is 17.2. The summed E-state index contributed by atoms with van der Waals surface area (Å²) in [5, 5.41) is 10.8. The molecule has 1 N–H and O–H groups in total. The van der Waals surface area contributed by atoms with Gasteiger partial charge in [-0.15, -0.1) is 0 Å². The van der Waals surface area contributed by atoms with Crippen molar-refractivity contribution in [1.82, 2.24) is 0 Å². The first-order valence-corrected chi connectivity index (χ1v) is 9.06. The number of hydrogen-bond donors (Lipinski definition) is 1. The van der Waals surface area contributed by atoms with Crippen LogP contribution in [-0.4, -0.2) is 25.5 Å².